The van der Waals surface area contributed by atoms with Gasteiger partial charge in [-0.2, -0.15) is 0 Å². The number of hydrogen-bond donors (Lipinski definition) is 2. The van der Waals surface area contributed by atoms with Crippen molar-refractivity contribution in [1.29, 1.82) is 0 Å². The third-order valence-corrected chi connectivity index (χ3v) is 3.37. The molecule has 0 aliphatic carbocycles. The summed E-state index contributed by atoms with van der Waals surface area (Å²) >= 11 is 0. The van der Waals surface area contributed by atoms with Crippen LogP contribution in [0, 0.1) is 5.82 Å². The number of ether oxygens (including phenoxy) is 1. The second kappa shape index (κ2) is 4.55. The molecule has 2 aromatic carbocycles. The van der Waals surface area contributed by atoms with E-state index in [4.69, 9.17) is 10.5 Å². The molecule has 2 aromatic rings. The molecular formula is C15H14FNO2. The van der Waals surface area contributed by atoms with Crippen LogP contribution in [0.15, 0.2) is 42.5 Å². The summed E-state index contributed by atoms with van der Waals surface area (Å²) < 4.78 is 19.0. The molecule has 2 atom stereocenters. The first-order valence-corrected chi connectivity index (χ1v) is 6.14. The monoisotopic (exact) mass is 259 g/mol. The van der Waals surface area contributed by atoms with Crippen LogP contribution in [-0.2, 0) is 0 Å². The van der Waals surface area contributed by atoms with Crippen molar-refractivity contribution in [3.05, 3.63) is 59.4 Å². The molecule has 0 bridgehead atoms. The van der Waals surface area contributed by atoms with E-state index >= 15 is 0 Å². The minimum atomic E-state index is -0.305. The molecular weight excluding hydrogens is 245 g/mol. The lowest BCUT2D eigenvalue weighted by Crippen LogP contribution is -2.24. The number of nitrogens with two attached hydrogens (primary N) is 1. The average Bonchev–Trinajstić information content (AvgIpc) is 2.40. The summed E-state index contributed by atoms with van der Waals surface area (Å²) in [4.78, 5) is 0. The van der Waals surface area contributed by atoms with Gasteiger partial charge in [0.2, 0.25) is 0 Å². The molecule has 0 amide bonds. The van der Waals surface area contributed by atoms with Crippen LogP contribution in [-0.4, -0.2) is 5.11 Å². The van der Waals surface area contributed by atoms with Crippen molar-refractivity contribution < 1.29 is 14.2 Å². The second-order valence-corrected chi connectivity index (χ2v) is 4.72. The summed E-state index contributed by atoms with van der Waals surface area (Å²) in [7, 11) is 0. The zero-order valence-electron chi connectivity index (χ0n) is 10.2. The molecule has 19 heavy (non-hydrogen) atoms. The second-order valence-electron chi connectivity index (χ2n) is 4.72. The van der Waals surface area contributed by atoms with Crippen molar-refractivity contribution in [2.75, 3.05) is 0 Å². The van der Waals surface area contributed by atoms with Gasteiger partial charge in [-0.15, -0.1) is 0 Å². The fourth-order valence-electron chi connectivity index (χ4n) is 2.37. The van der Waals surface area contributed by atoms with E-state index in [9.17, 15) is 9.50 Å². The number of benzene rings is 2. The maximum Gasteiger partial charge on any atom is 0.126 e. The van der Waals surface area contributed by atoms with Gasteiger partial charge in [-0.1, -0.05) is 12.1 Å². The molecule has 0 fully saturated rings. The Morgan fingerprint density at radius 3 is 2.63 bits per heavy atom. The molecule has 4 heteroatoms. The molecule has 1 unspecified atom stereocenters. The molecule has 1 heterocycles. The van der Waals surface area contributed by atoms with E-state index in [0.29, 0.717) is 17.7 Å². The highest BCUT2D eigenvalue weighted by atomic mass is 19.1. The minimum Gasteiger partial charge on any atom is -0.508 e. The zero-order chi connectivity index (χ0) is 13.4. The van der Waals surface area contributed by atoms with Gasteiger partial charge in [0.25, 0.3) is 0 Å². The predicted octanol–water partition coefficient (Wildman–Crippen LogP) is 3.05. The van der Waals surface area contributed by atoms with Gasteiger partial charge >= 0.3 is 0 Å². The van der Waals surface area contributed by atoms with Crippen LogP contribution >= 0.6 is 0 Å². The molecule has 0 aromatic heterocycles. The van der Waals surface area contributed by atoms with E-state index in [0.717, 1.165) is 5.56 Å². The topological polar surface area (TPSA) is 55.5 Å². The fourth-order valence-corrected chi connectivity index (χ4v) is 2.37. The lowest BCUT2D eigenvalue weighted by atomic mass is 9.93. The maximum absolute atomic E-state index is 13.2. The summed E-state index contributed by atoms with van der Waals surface area (Å²) in [5.41, 5.74) is 7.73. The molecule has 1 aliphatic rings. The van der Waals surface area contributed by atoms with E-state index in [2.05, 4.69) is 0 Å². The van der Waals surface area contributed by atoms with E-state index in [1.807, 2.05) is 0 Å². The average molecular weight is 259 g/mol. The third-order valence-electron chi connectivity index (χ3n) is 3.37. The third kappa shape index (κ3) is 2.27. The molecule has 1 aliphatic heterocycles. The highest BCUT2D eigenvalue weighted by molar-refractivity contribution is 5.40. The first-order valence-electron chi connectivity index (χ1n) is 6.14. The van der Waals surface area contributed by atoms with Crippen LogP contribution in [0.3, 0.4) is 0 Å². The number of halogens is 1. The minimum absolute atomic E-state index is 0.173. The Hall–Kier alpha value is -2.07. The fraction of sp³-hybridized carbons (Fsp3) is 0.200. The molecule has 3 N–H and O–H groups in total. The smallest absolute Gasteiger partial charge is 0.126 e. The summed E-state index contributed by atoms with van der Waals surface area (Å²) in [5, 5.41) is 9.29. The van der Waals surface area contributed by atoms with Gasteiger partial charge in [-0.25, -0.2) is 4.39 Å². The summed E-state index contributed by atoms with van der Waals surface area (Å²) in [6.45, 7) is 0. The molecule has 3 nitrogen and oxygen atoms in total. The largest absolute Gasteiger partial charge is 0.508 e. The van der Waals surface area contributed by atoms with E-state index in [1.165, 1.54) is 12.1 Å². The van der Waals surface area contributed by atoms with Crippen LogP contribution < -0.4 is 10.5 Å². The van der Waals surface area contributed by atoms with Gasteiger partial charge in [0.15, 0.2) is 0 Å². The van der Waals surface area contributed by atoms with Crippen molar-refractivity contribution >= 4 is 0 Å². The van der Waals surface area contributed by atoms with Gasteiger partial charge in [-0.05, 0) is 35.9 Å². The van der Waals surface area contributed by atoms with Crippen molar-refractivity contribution in [3.63, 3.8) is 0 Å². The Balaban J connectivity index is 1.92. The Morgan fingerprint density at radius 1 is 1.16 bits per heavy atom. The lowest BCUT2D eigenvalue weighted by Gasteiger charge is -2.30. The van der Waals surface area contributed by atoms with Gasteiger partial charge in [0.1, 0.15) is 23.4 Å². The quantitative estimate of drug-likeness (QED) is 0.827. The van der Waals surface area contributed by atoms with Crippen LogP contribution in [0.2, 0.25) is 0 Å². The van der Waals surface area contributed by atoms with Gasteiger partial charge in [0, 0.05) is 18.0 Å². The molecule has 0 radical (unpaired) electrons. The Morgan fingerprint density at radius 2 is 1.89 bits per heavy atom. The van der Waals surface area contributed by atoms with Crippen LogP contribution in [0.4, 0.5) is 4.39 Å². The number of rotatable bonds is 1. The Bertz CT molecular complexity index is 598. The summed E-state index contributed by atoms with van der Waals surface area (Å²) in [5.74, 6) is 0.533. The number of phenols is 1. The van der Waals surface area contributed by atoms with Crippen LogP contribution in [0.1, 0.15) is 29.7 Å². The van der Waals surface area contributed by atoms with Crippen molar-refractivity contribution in [2.45, 2.75) is 18.6 Å². The van der Waals surface area contributed by atoms with Crippen molar-refractivity contribution in [1.82, 2.24) is 0 Å². The highest BCUT2D eigenvalue weighted by Gasteiger charge is 2.27. The van der Waals surface area contributed by atoms with Gasteiger partial charge in [-0.3, -0.25) is 0 Å². The van der Waals surface area contributed by atoms with Crippen LogP contribution in [0.25, 0.3) is 0 Å². The number of hydrogen-bond acceptors (Lipinski definition) is 3. The van der Waals surface area contributed by atoms with Gasteiger partial charge in [0.05, 0.1) is 0 Å². The Labute approximate surface area is 110 Å². The summed E-state index contributed by atoms with van der Waals surface area (Å²) in [6.07, 6.45) is 0.412. The van der Waals surface area contributed by atoms with Crippen molar-refractivity contribution in [3.8, 4) is 11.5 Å². The normalized spacial score (nSPS) is 21.6. The Kier molecular flexibility index (Phi) is 2.87. The molecule has 3 rings (SSSR count). The molecule has 0 saturated heterocycles. The number of aromatic hydroxyl groups is 1. The number of phenolic OH excluding ortho intramolecular Hbond substituents is 1. The van der Waals surface area contributed by atoms with Gasteiger partial charge < -0.3 is 15.6 Å². The highest BCUT2D eigenvalue weighted by Crippen LogP contribution is 2.40. The first kappa shape index (κ1) is 12.0. The van der Waals surface area contributed by atoms with E-state index < -0.39 is 0 Å². The molecule has 98 valence electrons. The maximum atomic E-state index is 13.2. The van der Waals surface area contributed by atoms with Crippen LogP contribution in [0.5, 0.6) is 11.5 Å². The van der Waals surface area contributed by atoms with Crippen molar-refractivity contribution in [2.24, 2.45) is 5.73 Å². The molecule has 0 spiro atoms. The lowest BCUT2D eigenvalue weighted by molar-refractivity contribution is 0.161. The predicted molar refractivity (Wildman–Crippen MR) is 69.4 cm³/mol. The SMILES string of the molecule is N[C@@H]1CC(c2ccc(O)cc2)Oc2ccc(F)cc21. The number of fused-ring (bicyclic) bond motifs is 1. The zero-order valence-corrected chi connectivity index (χ0v) is 10.2. The van der Waals surface area contributed by atoms with E-state index in [-0.39, 0.29) is 23.7 Å². The molecule has 0 saturated carbocycles. The first-order chi connectivity index (χ1) is 9.13. The standard InChI is InChI=1S/C15H14FNO2/c16-10-3-6-14-12(7-10)13(17)8-15(19-14)9-1-4-11(18)5-2-9/h1-7,13,15,18H,8,17H2/t13-,15?/m1/s1. The summed E-state index contributed by atoms with van der Waals surface area (Å²) in [6, 6.07) is 11.0. The van der Waals surface area contributed by atoms with E-state index in [1.54, 1.807) is 30.3 Å².